The Bertz CT molecular complexity index is 522. The van der Waals surface area contributed by atoms with Gasteiger partial charge >= 0.3 is 0 Å². The molecule has 0 aliphatic heterocycles. The van der Waals surface area contributed by atoms with E-state index in [4.69, 9.17) is 0 Å². The number of aryl methyl sites for hydroxylation is 1. The van der Waals surface area contributed by atoms with E-state index in [1.807, 2.05) is 13.0 Å². The molecule has 0 saturated carbocycles. The number of hydrogen-bond donors (Lipinski definition) is 1. The van der Waals surface area contributed by atoms with Crippen LogP contribution in [-0.4, -0.2) is 10.1 Å². The molecule has 0 bridgehead atoms. The van der Waals surface area contributed by atoms with Gasteiger partial charge in [-0.1, -0.05) is 22.0 Å². The minimum absolute atomic E-state index is 0.316. The minimum Gasteiger partial charge on any atom is -0.386 e. The van der Waals surface area contributed by atoms with E-state index in [9.17, 15) is 9.50 Å². The normalized spacial score (nSPS) is 12.4. The summed E-state index contributed by atoms with van der Waals surface area (Å²) < 4.78 is 13.9. The van der Waals surface area contributed by atoms with Crippen LogP contribution in [0.1, 0.15) is 22.9 Å². The molecule has 0 fully saturated rings. The number of hydrogen-bond acceptors (Lipinski definition) is 2. The lowest BCUT2D eigenvalue weighted by Gasteiger charge is -2.10. The van der Waals surface area contributed by atoms with Crippen LogP contribution in [0.15, 0.2) is 41.0 Å². The second kappa shape index (κ2) is 5.59. The molecule has 0 aliphatic carbocycles. The van der Waals surface area contributed by atoms with Crippen molar-refractivity contribution in [3.05, 3.63) is 63.6 Å². The molecule has 0 aliphatic rings. The molecule has 0 spiro atoms. The summed E-state index contributed by atoms with van der Waals surface area (Å²) >= 11 is 3.23. The van der Waals surface area contributed by atoms with Crippen molar-refractivity contribution >= 4 is 15.9 Å². The predicted molar refractivity (Wildman–Crippen MR) is 71.7 cm³/mol. The molecule has 18 heavy (non-hydrogen) atoms. The van der Waals surface area contributed by atoms with Gasteiger partial charge in [0, 0.05) is 17.1 Å². The lowest BCUT2D eigenvalue weighted by Crippen LogP contribution is -2.04. The fourth-order valence-corrected chi connectivity index (χ4v) is 2.25. The van der Waals surface area contributed by atoms with Crippen molar-refractivity contribution in [3.63, 3.8) is 0 Å². The first-order valence-corrected chi connectivity index (χ1v) is 6.39. The summed E-state index contributed by atoms with van der Waals surface area (Å²) in [4.78, 5) is 4.16. The van der Waals surface area contributed by atoms with Crippen LogP contribution in [-0.2, 0) is 6.42 Å². The zero-order valence-corrected chi connectivity index (χ0v) is 11.5. The van der Waals surface area contributed by atoms with Crippen LogP contribution in [0.2, 0.25) is 0 Å². The molecule has 1 atom stereocenters. The number of aliphatic hydroxyl groups excluding tert-OH is 1. The number of aromatic nitrogens is 1. The summed E-state index contributed by atoms with van der Waals surface area (Å²) in [6, 6.07) is 8.28. The number of nitrogens with zero attached hydrogens (tertiary/aromatic N) is 1. The Hall–Kier alpha value is -1.26. The Morgan fingerprint density at radius 2 is 2.11 bits per heavy atom. The third kappa shape index (κ3) is 3.37. The van der Waals surface area contributed by atoms with Gasteiger partial charge in [-0.15, -0.1) is 0 Å². The molecule has 1 heterocycles. The maximum Gasteiger partial charge on any atom is 0.124 e. The summed E-state index contributed by atoms with van der Waals surface area (Å²) in [5.74, 6) is -0.316. The largest absolute Gasteiger partial charge is 0.386 e. The highest BCUT2D eigenvalue weighted by atomic mass is 79.9. The van der Waals surface area contributed by atoms with Crippen molar-refractivity contribution < 1.29 is 9.50 Å². The van der Waals surface area contributed by atoms with E-state index < -0.39 is 6.10 Å². The maximum atomic E-state index is 13.2. The third-order valence-corrected chi connectivity index (χ3v) is 3.08. The number of halogens is 2. The van der Waals surface area contributed by atoms with Gasteiger partial charge in [-0.05, 0) is 42.3 Å². The van der Waals surface area contributed by atoms with Crippen LogP contribution >= 0.6 is 15.9 Å². The topological polar surface area (TPSA) is 33.1 Å². The van der Waals surface area contributed by atoms with Gasteiger partial charge in [0.1, 0.15) is 5.82 Å². The van der Waals surface area contributed by atoms with Crippen molar-refractivity contribution in [1.82, 2.24) is 4.98 Å². The fourth-order valence-electron chi connectivity index (χ4n) is 1.73. The van der Waals surface area contributed by atoms with Gasteiger partial charge in [0.05, 0.1) is 11.8 Å². The minimum atomic E-state index is -0.723. The summed E-state index contributed by atoms with van der Waals surface area (Å²) in [5, 5.41) is 10.0. The van der Waals surface area contributed by atoms with E-state index in [0.29, 0.717) is 16.6 Å². The highest BCUT2D eigenvalue weighted by molar-refractivity contribution is 9.10. The molecule has 1 aromatic carbocycles. The molecule has 1 N–H and O–H groups in total. The Morgan fingerprint density at radius 3 is 2.72 bits per heavy atom. The first-order valence-electron chi connectivity index (χ1n) is 5.60. The van der Waals surface area contributed by atoms with Gasteiger partial charge in [0.2, 0.25) is 0 Å². The molecule has 2 nitrogen and oxygen atoms in total. The molecule has 4 heteroatoms. The number of pyridine rings is 1. The van der Waals surface area contributed by atoms with Gasteiger partial charge in [-0.2, -0.15) is 0 Å². The van der Waals surface area contributed by atoms with Crippen LogP contribution in [0.3, 0.4) is 0 Å². The summed E-state index contributed by atoms with van der Waals surface area (Å²) in [6.07, 6.45) is 1.33. The van der Waals surface area contributed by atoms with E-state index in [0.717, 1.165) is 11.1 Å². The standard InChI is InChI=1S/C14H13BrFNO/c1-9-2-3-13(17-8-9)14(18)6-10-4-11(15)7-12(16)5-10/h2-5,7-8,14,18H,6H2,1H3. The molecule has 2 aromatic rings. The Labute approximate surface area is 114 Å². The summed E-state index contributed by atoms with van der Waals surface area (Å²) in [5.41, 5.74) is 2.37. The quantitative estimate of drug-likeness (QED) is 0.940. The molecular formula is C14H13BrFNO. The lowest BCUT2D eigenvalue weighted by molar-refractivity contribution is 0.173. The first-order chi connectivity index (χ1) is 8.54. The molecule has 0 saturated heterocycles. The smallest absolute Gasteiger partial charge is 0.124 e. The highest BCUT2D eigenvalue weighted by Gasteiger charge is 2.11. The summed E-state index contributed by atoms with van der Waals surface area (Å²) in [6.45, 7) is 1.94. The fraction of sp³-hybridized carbons (Fsp3) is 0.214. The number of rotatable bonds is 3. The third-order valence-electron chi connectivity index (χ3n) is 2.63. The van der Waals surface area contributed by atoms with E-state index >= 15 is 0 Å². The second-order valence-corrected chi connectivity index (χ2v) is 5.17. The first kappa shape index (κ1) is 13.2. The van der Waals surface area contributed by atoms with E-state index in [1.165, 1.54) is 12.1 Å². The molecule has 1 unspecified atom stereocenters. The Kier molecular flexibility index (Phi) is 4.09. The van der Waals surface area contributed by atoms with Gasteiger partial charge in [-0.3, -0.25) is 4.98 Å². The van der Waals surface area contributed by atoms with Crippen LogP contribution in [0.4, 0.5) is 4.39 Å². The van der Waals surface area contributed by atoms with Crippen LogP contribution in [0.5, 0.6) is 0 Å². The van der Waals surface area contributed by atoms with Gasteiger partial charge in [0.15, 0.2) is 0 Å². The maximum absolute atomic E-state index is 13.2. The predicted octanol–water partition coefficient (Wildman–Crippen LogP) is 3.57. The highest BCUT2D eigenvalue weighted by Crippen LogP contribution is 2.20. The van der Waals surface area contributed by atoms with Crippen LogP contribution < -0.4 is 0 Å². The van der Waals surface area contributed by atoms with Gasteiger partial charge < -0.3 is 5.11 Å². The van der Waals surface area contributed by atoms with Crippen molar-refractivity contribution in [1.29, 1.82) is 0 Å². The van der Waals surface area contributed by atoms with Gasteiger partial charge in [-0.25, -0.2) is 4.39 Å². The van der Waals surface area contributed by atoms with E-state index in [1.54, 1.807) is 18.3 Å². The SMILES string of the molecule is Cc1ccc(C(O)Cc2cc(F)cc(Br)c2)nc1. The zero-order valence-electron chi connectivity index (χ0n) is 9.90. The van der Waals surface area contributed by atoms with Crippen LogP contribution in [0, 0.1) is 12.7 Å². The average Bonchev–Trinajstić information content (AvgIpc) is 2.28. The molecular weight excluding hydrogens is 297 g/mol. The van der Waals surface area contributed by atoms with Gasteiger partial charge in [0.25, 0.3) is 0 Å². The Morgan fingerprint density at radius 1 is 1.33 bits per heavy atom. The monoisotopic (exact) mass is 309 g/mol. The molecule has 2 rings (SSSR count). The average molecular weight is 310 g/mol. The molecule has 0 radical (unpaired) electrons. The zero-order chi connectivity index (χ0) is 13.1. The van der Waals surface area contributed by atoms with Crippen LogP contribution in [0.25, 0.3) is 0 Å². The molecule has 0 amide bonds. The van der Waals surface area contributed by atoms with Crippen molar-refractivity contribution in [2.24, 2.45) is 0 Å². The number of aliphatic hydroxyl groups is 1. The molecule has 94 valence electrons. The Balaban J connectivity index is 2.15. The number of benzene rings is 1. The lowest BCUT2D eigenvalue weighted by atomic mass is 10.0. The van der Waals surface area contributed by atoms with Crippen molar-refractivity contribution in [2.45, 2.75) is 19.4 Å². The molecule has 1 aromatic heterocycles. The van der Waals surface area contributed by atoms with E-state index in [2.05, 4.69) is 20.9 Å². The van der Waals surface area contributed by atoms with Crippen molar-refractivity contribution in [3.8, 4) is 0 Å². The summed E-state index contributed by atoms with van der Waals surface area (Å²) in [7, 11) is 0. The van der Waals surface area contributed by atoms with Crippen molar-refractivity contribution in [2.75, 3.05) is 0 Å². The van der Waals surface area contributed by atoms with E-state index in [-0.39, 0.29) is 5.82 Å². The second-order valence-electron chi connectivity index (χ2n) is 4.26.